The molecule has 1 amide bonds. The van der Waals surface area contributed by atoms with Crippen molar-refractivity contribution in [3.8, 4) is 11.5 Å². The number of hydrogen-bond donors (Lipinski definition) is 0. The lowest BCUT2D eigenvalue weighted by Crippen LogP contribution is -2.47. The highest BCUT2D eigenvalue weighted by atomic mass is 35.5. The molecule has 5 nitrogen and oxygen atoms in total. The van der Waals surface area contributed by atoms with Crippen LogP contribution < -0.4 is 9.47 Å². The molecule has 0 N–H and O–H groups in total. The largest absolute Gasteiger partial charge is 0.496 e. The highest BCUT2D eigenvalue weighted by molar-refractivity contribution is 6.32. The first kappa shape index (κ1) is 18.5. The number of ether oxygens (including phenoxy) is 2. The zero-order chi connectivity index (χ0) is 18.5. The van der Waals surface area contributed by atoms with E-state index in [1.54, 1.807) is 19.2 Å². The maximum atomic E-state index is 12.8. The Morgan fingerprint density at radius 1 is 1.08 bits per heavy atom. The molecule has 26 heavy (non-hydrogen) atoms. The maximum Gasteiger partial charge on any atom is 0.253 e. The van der Waals surface area contributed by atoms with E-state index in [0.717, 1.165) is 31.7 Å². The molecule has 1 saturated heterocycles. The summed E-state index contributed by atoms with van der Waals surface area (Å²) in [5.74, 6) is 1.33. The highest BCUT2D eigenvalue weighted by Gasteiger charge is 2.21. The van der Waals surface area contributed by atoms with Gasteiger partial charge in [0.2, 0.25) is 0 Å². The van der Waals surface area contributed by atoms with Crippen molar-refractivity contribution in [1.82, 2.24) is 9.80 Å². The van der Waals surface area contributed by atoms with E-state index in [0.29, 0.717) is 22.1 Å². The van der Waals surface area contributed by atoms with Crippen molar-refractivity contribution < 1.29 is 14.3 Å². The molecule has 0 spiro atoms. The third-order valence-electron chi connectivity index (χ3n) is 4.54. The number of likely N-dealkylation sites (N-methyl/N-ethyl adjacent to an activating group) is 1. The molecule has 1 aliphatic heterocycles. The van der Waals surface area contributed by atoms with Gasteiger partial charge in [0, 0.05) is 37.3 Å². The van der Waals surface area contributed by atoms with Gasteiger partial charge in [0.25, 0.3) is 5.91 Å². The van der Waals surface area contributed by atoms with Gasteiger partial charge in [-0.3, -0.25) is 4.79 Å². The smallest absolute Gasteiger partial charge is 0.253 e. The van der Waals surface area contributed by atoms with E-state index in [1.165, 1.54) is 0 Å². The second kappa shape index (κ2) is 8.43. The van der Waals surface area contributed by atoms with E-state index in [2.05, 4.69) is 11.9 Å². The Labute approximate surface area is 159 Å². The zero-order valence-corrected chi connectivity index (χ0v) is 15.8. The molecule has 1 heterocycles. The van der Waals surface area contributed by atoms with E-state index in [1.807, 2.05) is 35.2 Å². The summed E-state index contributed by atoms with van der Waals surface area (Å²) in [6.45, 7) is 3.55. The van der Waals surface area contributed by atoms with Gasteiger partial charge in [0.1, 0.15) is 18.1 Å². The van der Waals surface area contributed by atoms with Crippen molar-refractivity contribution in [3.05, 3.63) is 58.6 Å². The van der Waals surface area contributed by atoms with Gasteiger partial charge < -0.3 is 19.3 Å². The van der Waals surface area contributed by atoms with E-state index < -0.39 is 0 Å². The van der Waals surface area contributed by atoms with Gasteiger partial charge in [-0.15, -0.1) is 0 Å². The van der Waals surface area contributed by atoms with Crippen LogP contribution in [0.1, 0.15) is 15.9 Å². The predicted molar refractivity (Wildman–Crippen MR) is 102 cm³/mol. The minimum atomic E-state index is 0.0414. The summed E-state index contributed by atoms with van der Waals surface area (Å²) in [6.07, 6.45) is 0. The molecular formula is C20H23ClN2O3. The Bertz CT molecular complexity index is 773. The Balaban J connectivity index is 1.76. The number of halogens is 1. The van der Waals surface area contributed by atoms with Crippen LogP contribution in [0.25, 0.3) is 0 Å². The summed E-state index contributed by atoms with van der Waals surface area (Å²) in [6, 6.07) is 12.8. The molecule has 0 saturated carbocycles. The van der Waals surface area contributed by atoms with Gasteiger partial charge in [0.15, 0.2) is 0 Å². The fourth-order valence-electron chi connectivity index (χ4n) is 2.93. The lowest BCUT2D eigenvalue weighted by molar-refractivity contribution is 0.0664. The van der Waals surface area contributed by atoms with E-state index in [4.69, 9.17) is 21.1 Å². The average Bonchev–Trinajstić information content (AvgIpc) is 2.67. The maximum absolute atomic E-state index is 12.8. The summed E-state index contributed by atoms with van der Waals surface area (Å²) in [5.41, 5.74) is 1.46. The first-order valence-electron chi connectivity index (χ1n) is 8.60. The number of hydrogen-bond acceptors (Lipinski definition) is 4. The normalized spacial score (nSPS) is 15.0. The van der Waals surface area contributed by atoms with Gasteiger partial charge in [-0.25, -0.2) is 0 Å². The highest BCUT2D eigenvalue weighted by Crippen LogP contribution is 2.27. The molecule has 0 aliphatic carbocycles. The third kappa shape index (κ3) is 4.29. The molecule has 138 valence electrons. The van der Waals surface area contributed by atoms with Gasteiger partial charge in [-0.05, 0) is 37.4 Å². The first-order chi connectivity index (χ1) is 12.6. The van der Waals surface area contributed by atoms with E-state index >= 15 is 0 Å². The zero-order valence-electron chi connectivity index (χ0n) is 15.1. The lowest BCUT2D eigenvalue weighted by Gasteiger charge is -2.32. The Morgan fingerprint density at radius 2 is 1.81 bits per heavy atom. The van der Waals surface area contributed by atoms with Crippen molar-refractivity contribution >= 4 is 17.5 Å². The van der Waals surface area contributed by atoms with Crippen LogP contribution in [0.4, 0.5) is 0 Å². The number of amides is 1. The monoisotopic (exact) mass is 374 g/mol. The van der Waals surface area contributed by atoms with Gasteiger partial charge in [0.05, 0.1) is 12.1 Å². The van der Waals surface area contributed by atoms with E-state index in [-0.39, 0.29) is 12.5 Å². The summed E-state index contributed by atoms with van der Waals surface area (Å²) in [4.78, 5) is 16.9. The fraction of sp³-hybridized carbons (Fsp3) is 0.350. The molecule has 0 unspecified atom stereocenters. The van der Waals surface area contributed by atoms with Crippen molar-refractivity contribution in [2.45, 2.75) is 6.61 Å². The number of nitrogens with zero attached hydrogens (tertiary/aromatic N) is 2. The molecule has 6 heteroatoms. The molecule has 2 aromatic rings. The predicted octanol–water partition coefficient (Wildman–Crippen LogP) is 3.32. The van der Waals surface area contributed by atoms with Crippen molar-refractivity contribution in [3.63, 3.8) is 0 Å². The van der Waals surface area contributed by atoms with Crippen LogP contribution in [-0.2, 0) is 6.61 Å². The number of methoxy groups -OCH3 is 1. The van der Waals surface area contributed by atoms with Crippen LogP contribution in [-0.4, -0.2) is 56.0 Å². The Hall–Kier alpha value is -2.24. The fourth-order valence-corrected chi connectivity index (χ4v) is 3.12. The van der Waals surface area contributed by atoms with Crippen LogP contribution in [0.3, 0.4) is 0 Å². The van der Waals surface area contributed by atoms with Crippen LogP contribution in [0.5, 0.6) is 11.5 Å². The summed E-state index contributed by atoms with van der Waals surface area (Å²) in [5, 5.41) is 0.552. The molecule has 3 rings (SSSR count). The summed E-state index contributed by atoms with van der Waals surface area (Å²) < 4.78 is 11.2. The molecule has 0 aromatic heterocycles. The number of rotatable bonds is 5. The van der Waals surface area contributed by atoms with Crippen LogP contribution >= 0.6 is 11.6 Å². The SMILES string of the molecule is COc1ccc(C(=O)N2CCN(C)CC2)cc1COc1ccccc1Cl. The quantitative estimate of drug-likeness (QED) is 0.805. The summed E-state index contributed by atoms with van der Waals surface area (Å²) >= 11 is 6.14. The Morgan fingerprint density at radius 3 is 2.50 bits per heavy atom. The molecule has 2 aromatic carbocycles. The van der Waals surface area contributed by atoms with Gasteiger partial charge in [-0.1, -0.05) is 23.7 Å². The van der Waals surface area contributed by atoms with Crippen LogP contribution in [0.15, 0.2) is 42.5 Å². The van der Waals surface area contributed by atoms with Crippen LogP contribution in [0.2, 0.25) is 5.02 Å². The number of carbonyl (C=O) groups is 1. The van der Waals surface area contributed by atoms with E-state index in [9.17, 15) is 4.79 Å². The third-order valence-corrected chi connectivity index (χ3v) is 4.85. The second-order valence-corrected chi connectivity index (χ2v) is 6.75. The molecular weight excluding hydrogens is 352 g/mol. The minimum Gasteiger partial charge on any atom is -0.496 e. The number of carbonyl (C=O) groups excluding carboxylic acids is 1. The summed E-state index contributed by atoms with van der Waals surface area (Å²) in [7, 11) is 3.68. The van der Waals surface area contributed by atoms with Crippen molar-refractivity contribution in [2.75, 3.05) is 40.3 Å². The lowest BCUT2D eigenvalue weighted by atomic mass is 10.1. The standard InChI is InChI=1S/C20H23ClN2O3/c1-22-9-11-23(12-10-22)20(24)15-7-8-18(25-2)16(13-15)14-26-19-6-4-3-5-17(19)21/h3-8,13H,9-12,14H2,1-2H3. The number of benzene rings is 2. The molecule has 1 fully saturated rings. The number of piperazine rings is 1. The molecule has 0 atom stereocenters. The number of para-hydroxylation sites is 1. The van der Waals surface area contributed by atoms with Gasteiger partial charge >= 0.3 is 0 Å². The topological polar surface area (TPSA) is 42.0 Å². The first-order valence-corrected chi connectivity index (χ1v) is 8.98. The minimum absolute atomic E-state index is 0.0414. The van der Waals surface area contributed by atoms with Crippen molar-refractivity contribution in [1.29, 1.82) is 0 Å². The molecule has 1 aliphatic rings. The molecule has 0 bridgehead atoms. The van der Waals surface area contributed by atoms with Gasteiger partial charge in [-0.2, -0.15) is 0 Å². The Kier molecular flexibility index (Phi) is 6.01. The second-order valence-electron chi connectivity index (χ2n) is 6.34. The van der Waals surface area contributed by atoms with Crippen LogP contribution in [0, 0.1) is 0 Å². The molecule has 0 radical (unpaired) electrons. The van der Waals surface area contributed by atoms with Crippen molar-refractivity contribution in [2.24, 2.45) is 0 Å². The average molecular weight is 375 g/mol.